The number of hydrogen-bond donors (Lipinski definition) is 2. The van der Waals surface area contributed by atoms with Crippen LogP contribution in [0.1, 0.15) is 19.3 Å². The molecule has 1 rings (SSSR count). The Morgan fingerprint density at radius 1 is 1.50 bits per heavy atom. The van der Waals surface area contributed by atoms with E-state index in [-0.39, 0.29) is 18.3 Å². The second-order valence-electron chi connectivity index (χ2n) is 3.21. The molecule has 1 fully saturated rings. The molecule has 0 heterocycles. The highest BCUT2D eigenvalue weighted by Crippen LogP contribution is 2.32. The van der Waals surface area contributed by atoms with Gasteiger partial charge in [-0.3, -0.25) is 4.79 Å². The van der Waals surface area contributed by atoms with Gasteiger partial charge in [0.1, 0.15) is 6.29 Å². The van der Waals surface area contributed by atoms with Gasteiger partial charge in [0.15, 0.2) is 0 Å². The van der Waals surface area contributed by atoms with Crippen LogP contribution >= 0.6 is 0 Å². The highest BCUT2D eigenvalue weighted by Gasteiger charge is 2.35. The molecule has 1 aliphatic rings. The van der Waals surface area contributed by atoms with Crippen molar-refractivity contribution in [2.75, 3.05) is 0 Å². The summed E-state index contributed by atoms with van der Waals surface area (Å²) in [4.78, 5) is 20.8. The number of aliphatic hydroxyl groups excluding tert-OH is 1. The van der Waals surface area contributed by atoms with E-state index in [9.17, 15) is 14.7 Å². The van der Waals surface area contributed by atoms with Crippen LogP contribution < -0.4 is 0 Å². The Balaban J connectivity index is 2.57. The van der Waals surface area contributed by atoms with Crippen LogP contribution in [0.25, 0.3) is 0 Å². The first-order chi connectivity index (χ1) is 5.65. The predicted molar refractivity (Wildman–Crippen MR) is 40.5 cm³/mol. The van der Waals surface area contributed by atoms with Gasteiger partial charge >= 0.3 is 5.97 Å². The molecule has 68 valence electrons. The molecule has 0 aromatic heterocycles. The van der Waals surface area contributed by atoms with Crippen molar-refractivity contribution in [3.05, 3.63) is 0 Å². The molecule has 0 unspecified atom stereocenters. The average Bonchev–Trinajstić information content (AvgIpc) is 2.32. The second-order valence-corrected chi connectivity index (χ2v) is 3.21. The lowest BCUT2D eigenvalue weighted by Gasteiger charge is -2.14. The summed E-state index contributed by atoms with van der Waals surface area (Å²) < 4.78 is 0. The smallest absolute Gasteiger partial charge is 0.303 e. The molecule has 0 amide bonds. The molecule has 0 aliphatic heterocycles. The van der Waals surface area contributed by atoms with E-state index in [2.05, 4.69) is 0 Å². The molecule has 0 aromatic rings. The minimum atomic E-state index is -0.951. The lowest BCUT2D eigenvalue weighted by Crippen LogP contribution is -2.23. The zero-order valence-electron chi connectivity index (χ0n) is 6.64. The van der Waals surface area contributed by atoms with Crippen LogP contribution in [0.4, 0.5) is 0 Å². The largest absolute Gasteiger partial charge is 0.481 e. The van der Waals surface area contributed by atoms with E-state index >= 15 is 0 Å². The summed E-state index contributed by atoms with van der Waals surface area (Å²) in [6, 6.07) is 0. The van der Waals surface area contributed by atoms with Gasteiger partial charge in [-0.15, -0.1) is 0 Å². The van der Waals surface area contributed by atoms with Gasteiger partial charge in [-0.25, -0.2) is 0 Å². The quantitative estimate of drug-likeness (QED) is 0.590. The summed E-state index contributed by atoms with van der Waals surface area (Å²) >= 11 is 0. The summed E-state index contributed by atoms with van der Waals surface area (Å²) in [5, 5.41) is 17.8. The molecule has 1 saturated carbocycles. The molecule has 4 heteroatoms. The lowest BCUT2D eigenvalue weighted by molar-refractivity contribution is -0.139. The summed E-state index contributed by atoms with van der Waals surface area (Å²) in [7, 11) is 0. The maximum atomic E-state index is 10.4. The number of carboxylic acid groups (broad SMARTS) is 1. The SMILES string of the molecule is O=C[C@H]1CC[C@H](O)[C@@H]1CC(=O)O. The third-order valence-corrected chi connectivity index (χ3v) is 2.43. The highest BCUT2D eigenvalue weighted by atomic mass is 16.4. The number of carboxylic acids is 1. The highest BCUT2D eigenvalue weighted by molar-refractivity contribution is 5.68. The lowest BCUT2D eigenvalue weighted by atomic mass is 9.93. The van der Waals surface area contributed by atoms with Crippen LogP contribution in [0.3, 0.4) is 0 Å². The molecule has 0 spiro atoms. The molecule has 0 saturated heterocycles. The van der Waals surface area contributed by atoms with Gasteiger partial charge in [-0.2, -0.15) is 0 Å². The van der Waals surface area contributed by atoms with Gasteiger partial charge < -0.3 is 15.0 Å². The maximum absolute atomic E-state index is 10.4. The molecule has 1 aliphatic carbocycles. The fourth-order valence-corrected chi connectivity index (χ4v) is 1.73. The molecular weight excluding hydrogens is 160 g/mol. The molecule has 3 atom stereocenters. The normalized spacial score (nSPS) is 34.9. The molecular formula is C8H12O4. The Morgan fingerprint density at radius 3 is 2.67 bits per heavy atom. The van der Waals surface area contributed by atoms with Crippen LogP contribution in [0.2, 0.25) is 0 Å². The number of aldehydes is 1. The van der Waals surface area contributed by atoms with Gasteiger partial charge in [0.2, 0.25) is 0 Å². The Labute approximate surface area is 70.2 Å². The second kappa shape index (κ2) is 3.67. The van der Waals surface area contributed by atoms with E-state index in [1.54, 1.807) is 0 Å². The fourth-order valence-electron chi connectivity index (χ4n) is 1.73. The summed E-state index contributed by atoms with van der Waals surface area (Å²) in [5.74, 6) is -1.59. The number of carbonyl (C=O) groups excluding carboxylic acids is 1. The topological polar surface area (TPSA) is 74.6 Å². The van der Waals surface area contributed by atoms with Crippen LogP contribution in [-0.2, 0) is 9.59 Å². The Kier molecular flexibility index (Phi) is 2.81. The minimum absolute atomic E-state index is 0.107. The van der Waals surface area contributed by atoms with Crippen molar-refractivity contribution in [3.63, 3.8) is 0 Å². The molecule has 0 radical (unpaired) electrons. The number of carbonyl (C=O) groups is 2. The van der Waals surface area contributed by atoms with Crippen molar-refractivity contribution in [1.82, 2.24) is 0 Å². The van der Waals surface area contributed by atoms with Crippen LogP contribution in [-0.4, -0.2) is 28.6 Å². The van der Waals surface area contributed by atoms with Crippen molar-refractivity contribution < 1.29 is 19.8 Å². The monoisotopic (exact) mass is 172 g/mol. The molecule has 0 aromatic carbocycles. The van der Waals surface area contributed by atoms with Gasteiger partial charge in [-0.1, -0.05) is 0 Å². The van der Waals surface area contributed by atoms with E-state index in [1.165, 1.54) is 0 Å². The Hall–Kier alpha value is -0.900. The fraction of sp³-hybridized carbons (Fsp3) is 0.750. The summed E-state index contributed by atoms with van der Waals surface area (Å²) in [5.41, 5.74) is 0. The Bertz CT molecular complexity index is 189. The number of aliphatic carboxylic acids is 1. The first-order valence-corrected chi connectivity index (χ1v) is 4.00. The zero-order valence-corrected chi connectivity index (χ0v) is 6.64. The van der Waals surface area contributed by atoms with Gasteiger partial charge in [0.25, 0.3) is 0 Å². The number of rotatable bonds is 3. The molecule has 4 nitrogen and oxygen atoms in total. The van der Waals surface area contributed by atoms with E-state index in [4.69, 9.17) is 5.11 Å². The van der Waals surface area contributed by atoms with Crippen LogP contribution in [0.15, 0.2) is 0 Å². The van der Waals surface area contributed by atoms with Crippen molar-refractivity contribution in [2.24, 2.45) is 11.8 Å². The van der Waals surface area contributed by atoms with Crippen molar-refractivity contribution in [1.29, 1.82) is 0 Å². The standard InChI is InChI=1S/C8H12O4/c9-4-5-1-2-7(10)6(5)3-8(11)12/h4-7,10H,1-3H2,(H,11,12)/t5-,6-,7+/m1/s1. The van der Waals surface area contributed by atoms with E-state index in [0.717, 1.165) is 6.29 Å². The third kappa shape index (κ3) is 1.82. The van der Waals surface area contributed by atoms with Crippen molar-refractivity contribution >= 4 is 12.3 Å². The van der Waals surface area contributed by atoms with Crippen molar-refractivity contribution in [3.8, 4) is 0 Å². The van der Waals surface area contributed by atoms with Gasteiger partial charge in [-0.05, 0) is 12.8 Å². The average molecular weight is 172 g/mol. The first-order valence-electron chi connectivity index (χ1n) is 4.00. The first kappa shape index (κ1) is 9.19. The summed E-state index contributed by atoms with van der Waals surface area (Å²) in [6.45, 7) is 0. The number of aliphatic hydroxyl groups is 1. The van der Waals surface area contributed by atoms with Crippen LogP contribution in [0.5, 0.6) is 0 Å². The molecule has 12 heavy (non-hydrogen) atoms. The third-order valence-electron chi connectivity index (χ3n) is 2.43. The maximum Gasteiger partial charge on any atom is 0.303 e. The van der Waals surface area contributed by atoms with Gasteiger partial charge in [0.05, 0.1) is 12.5 Å². The zero-order chi connectivity index (χ0) is 9.14. The molecule has 2 N–H and O–H groups in total. The van der Waals surface area contributed by atoms with E-state index in [1.807, 2.05) is 0 Å². The number of hydrogen-bond acceptors (Lipinski definition) is 3. The van der Waals surface area contributed by atoms with E-state index in [0.29, 0.717) is 12.8 Å². The minimum Gasteiger partial charge on any atom is -0.481 e. The van der Waals surface area contributed by atoms with Gasteiger partial charge in [0, 0.05) is 11.8 Å². The Morgan fingerprint density at radius 2 is 2.17 bits per heavy atom. The van der Waals surface area contributed by atoms with Crippen molar-refractivity contribution in [2.45, 2.75) is 25.4 Å². The predicted octanol–water partition coefficient (Wildman–Crippen LogP) is 0.0471. The molecule has 0 bridgehead atoms. The summed E-state index contributed by atoms with van der Waals surface area (Å²) in [6.07, 6.45) is 1.19. The van der Waals surface area contributed by atoms with E-state index < -0.39 is 12.1 Å². The van der Waals surface area contributed by atoms with Crippen LogP contribution in [0, 0.1) is 11.8 Å².